The molecule has 0 amide bonds. The van der Waals surface area contributed by atoms with Crippen LogP contribution in [0.25, 0.3) is 0 Å². The minimum atomic E-state index is -0.925. The van der Waals surface area contributed by atoms with Crippen molar-refractivity contribution in [1.29, 1.82) is 0 Å². The van der Waals surface area contributed by atoms with Crippen molar-refractivity contribution in [1.82, 2.24) is 0 Å². The molecular weight excluding hydrogens is 266 g/mol. The van der Waals surface area contributed by atoms with Crippen LogP contribution in [0.4, 0.5) is 8.78 Å². The third-order valence-corrected chi connectivity index (χ3v) is 3.79. The first-order valence-electron chi connectivity index (χ1n) is 4.92. The lowest BCUT2D eigenvalue weighted by Crippen LogP contribution is -2.20. The van der Waals surface area contributed by atoms with Gasteiger partial charge in [-0.1, -0.05) is 12.5 Å². The second-order valence-electron chi connectivity index (χ2n) is 3.90. The summed E-state index contributed by atoms with van der Waals surface area (Å²) >= 11 is 2.98. The standard InChI is InChI=1S/C11H11BrF2O/c12-9-7(4-5-8(13)10(9)14)11(15)6-2-1-3-6/h4-6,11,15H,1-3H2. The summed E-state index contributed by atoms with van der Waals surface area (Å²) in [5.41, 5.74) is 0.443. The van der Waals surface area contributed by atoms with E-state index in [9.17, 15) is 13.9 Å². The zero-order chi connectivity index (χ0) is 11.0. The summed E-state index contributed by atoms with van der Waals surface area (Å²) in [6.45, 7) is 0. The maximum Gasteiger partial charge on any atom is 0.173 e. The Labute approximate surface area is 95.2 Å². The van der Waals surface area contributed by atoms with E-state index in [-0.39, 0.29) is 10.4 Å². The molecule has 0 radical (unpaired) electrons. The van der Waals surface area contributed by atoms with Crippen molar-refractivity contribution in [2.75, 3.05) is 0 Å². The first kappa shape index (κ1) is 11.0. The van der Waals surface area contributed by atoms with Gasteiger partial charge >= 0.3 is 0 Å². The molecule has 1 aromatic carbocycles. The van der Waals surface area contributed by atoms with Gasteiger partial charge in [0.1, 0.15) is 0 Å². The van der Waals surface area contributed by atoms with E-state index >= 15 is 0 Å². The molecule has 4 heteroatoms. The Hall–Kier alpha value is -0.480. The van der Waals surface area contributed by atoms with Crippen LogP contribution in [0.1, 0.15) is 30.9 Å². The second kappa shape index (κ2) is 4.18. The van der Waals surface area contributed by atoms with Gasteiger partial charge in [-0.15, -0.1) is 0 Å². The fraction of sp³-hybridized carbons (Fsp3) is 0.455. The number of benzene rings is 1. The van der Waals surface area contributed by atoms with E-state index < -0.39 is 17.7 Å². The van der Waals surface area contributed by atoms with E-state index in [1.807, 2.05) is 0 Å². The van der Waals surface area contributed by atoms with Gasteiger partial charge in [0.2, 0.25) is 0 Å². The highest BCUT2D eigenvalue weighted by Crippen LogP contribution is 2.40. The van der Waals surface area contributed by atoms with Gasteiger partial charge in [0.05, 0.1) is 10.6 Å². The molecule has 0 heterocycles. The monoisotopic (exact) mass is 276 g/mol. The summed E-state index contributed by atoms with van der Waals surface area (Å²) in [4.78, 5) is 0. The molecule has 0 saturated heterocycles. The van der Waals surface area contributed by atoms with Crippen molar-refractivity contribution in [2.24, 2.45) is 5.92 Å². The third-order valence-electron chi connectivity index (χ3n) is 2.98. The van der Waals surface area contributed by atoms with E-state index in [1.165, 1.54) is 6.07 Å². The molecule has 1 unspecified atom stereocenters. The molecule has 15 heavy (non-hydrogen) atoms. The van der Waals surface area contributed by atoms with Crippen LogP contribution in [0, 0.1) is 17.6 Å². The van der Waals surface area contributed by atoms with E-state index in [0.717, 1.165) is 25.3 Å². The van der Waals surface area contributed by atoms with Crippen LogP contribution in [0.2, 0.25) is 0 Å². The quantitative estimate of drug-likeness (QED) is 0.819. The van der Waals surface area contributed by atoms with Crippen LogP contribution in [-0.4, -0.2) is 5.11 Å². The summed E-state index contributed by atoms with van der Waals surface area (Å²) in [6.07, 6.45) is 2.31. The highest BCUT2D eigenvalue weighted by atomic mass is 79.9. The Morgan fingerprint density at radius 3 is 2.53 bits per heavy atom. The first-order chi connectivity index (χ1) is 7.11. The Balaban J connectivity index is 2.31. The number of rotatable bonds is 2. The largest absolute Gasteiger partial charge is 0.388 e. The van der Waals surface area contributed by atoms with Crippen molar-refractivity contribution in [2.45, 2.75) is 25.4 Å². The molecule has 1 aliphatic carbocycles. The van der Waals surface area contributed by atoms with Crippen LogP contribution in [0.5, 0.6) is 0 Å². The Bertz CT molecular complexity index is 377. The molecule has 1 atom stereocenters. The van der Waals surface area contributed by atoms with Gasteiger partial charge in [-0.2, -0.15) is 0 Å². The SMILES string of the molecule is OC(c1ccc(F)c(F)c1Br)C1CCC1. The highest BCUT2D eigenvalue weighted by Gasteiger charge is 2.29. The molecular formula is C11H11BrF2O. The Morgan fingerprint density at radius 2 is 2.00 bits per heavy atom. The van der Waals surface area contributed by atoms with Gasteiger partial charge in [-0.25, -0.2) is 8.78 Å². The molecule has 1 aromatic rings. The maximum absolute atomic E-state index is 13.2. The van der Waals surface area contributed by atoms with Gasteiger partial charge in [0, 0.05) is 0 Å². The molecule has 1 nitrogen and oxygen atoms in total. The Kier molecular flexibility index (Phi) is 3.07. The third kappa shape index (κ3) is 1.93. The summed E-state index contributed by atoms with van der Waals surface area (Å²) in [5, 5.41) is 9.92. The lowest BCUT2D eigenvalue weighted by molar-refractivity contribution is 0.0611. The molecule has 2 rings (SSSR count). The van der Waals surface area contributed by atoms with Crippen LogP contribution < -0.4 is 0 Å². The van der Waals surface area contributed by atoms with Gasteiger partial charge in [0.25, 0.3) is 0 Å². The summed E-state index contributed by atoms with van der Waals surface area (Å²) < 4.78 is 26.1. The fourth-order valence-corrected chi connectivity index (χ4v) is 2.33. The van der Waals surface area contributed by atoms with Crippen LogP contribution in [0.15, 0.2) is 16.6 Å². The van der Waals surface area contributed by atoms with Crippen molar-refractivity contribution < 1.29 is 13.9 Å². The number of hydrogen-bond donors (Lipinski definition) is 1. The molecule has 1 saturated carbocycles. The predicted octanol–water partition coefficient (Wildman–Crippen LogP) is 3.56. The molecule has 0 aromatic heterocycles. The number of aliphatic hydroxyl groups excluding tert-OH is 1. The minimum Gasteiger partial charge on any atom is -0.388 e. The molecule has 0 bridgehead atoms. The highest BCUT2D eigenvalue weighted by molar-refractivity contribution is 9.10. The number of aliphatic hydroxyl groups is 1. The molecule has 82 valence electrons. The van der Waals surface area contributed by atoms with Crippen molar-refractivity contribution in [3.05, 3.63) is 33.8 Å². The Morgan fingerprint density at radius 1 is 1.33 bits per heavy atom. The zero-order valence-corrected chi connectivity index (χ0v) is 9.60. The summed E-state index contributed by atoms with van der Waals surface area (Å²) in [6, 6.07) is 2.49. The topological polar surface area (TPSA) is 20.2 Å². The zero-order valence-electron chi connectivity index (χ0n) is 8.01. The van der Waals surface area contributed by atoms with Gasteiger partial charge in [0.15, 0.2) is 11.6 Å². The van der Waals surface area contributed by atoms with Crippen LogP contribution in [0.3, 0.4) is 0 Å². The smallest absolute Gasteiger partial charge is 0.173 e. The second-order valence-corrected chi connectivity index (χ2v) is 4.69. The van der Waals surface area contributed by atoms with Gasteiger partial charge in [-0.3, -0.25) is 0 Å². The predicted molar refractivity (Wildman–Crippen MR) is 56.4 cm³/mol. The first-order valence-corrected chi connectivity index (χ1v) is 5.72. The number of halogens is 3. The maximum atomic E-state index is 13.2. The van der Waals surface area contributed by atoms with E-state index in [2.05, 4.69) is 15.9 Å². The minimum absolute atomic E-state index is 0.0434. The van der Waals surface area contributed by atoms with Crippen LogP contribution in [-0.2, 0) is 0 Å². The van der Waals surface area contributed by atoms with Gasteiger partial charge < -0.3 is 5.11 Å². The van der Waals surface area contributed by atoms with Gasteiger partial charge in [-0.05, 0) is 46.3 Å². The average Bonchev–Trinajstić information content (AvgIpc) is 2.11. The molecule has 1 fully saturated rings. The van der Waals surface area contributed by atoms with E-state index in [1.54, 1.807) is 0 Å². The van der Waals surface area contributed by atoms with E-state index in [0.29, 0.717) is 5.56 Å². The molecule has 0 spiro atoms. The van der Waals surface area contributed by atoms with Crippen molar-refractivity contribution >= 4 is 15.9 Å². The van der Waals surface area contributed by atoms with Crippen molar-refractivity contribution in [3.8, 4) is 0 Å². The summed E-state index contributed by atoms with van der Waals surface area (Å²) in [7, 11) is 0. The van der Waals surface area contributed by atoms with Crippen LogP contribution >= 0.6 is 15.9 Å². The lowest BCUT2D eigenvalue weighted by Gasteiger charge is -2.31. The van der Waals surface area contributed by atoms with E-state index in [4.69, 9.17) is 0 Å². The number of hydrogen-bond acceptors (Lipinski definition) is 1. The molecule has 0 aliphatic heterocycles. The average molecular weight is 277 g/mol. The molecule has 1 aliphatic rings. The lowest BCUT2D eigenvalue weighted by atomic mass is 9.79. The summed E-state index contributed by atoms with van der Waals surface area (Å²) in [5.74, 6) is -1.64. The van der Waals surface area contributed by atoms with Crippen molar-refractivity contribution in [3.63, 3.8) is 0 Å². The normalized spacial score (nSPS) is 18.7. The molecule has 1 N–H and O–H groups in total. The fourth-order valence-electron chi connectivity index (χ4n) is 1.78.